The Kier molecular flexibility index (Phi) is 5.95. The summed E-state index contributed by atoms with van der Waals surface area (Å²) in [5, 5.41) is 5.91. The van der Waals surface area contributed by atoms with Crippen molar-refractivity contribution >= 4 is 12.1 Å². The zero-order chi connectivity index (χ0) is 15.0. The van der Waals surface area contributed by atoms with Gasteiger partial charge in [-0.25, -0.2) is 0 Å². The maximum absolute atomic E-state index is 12.7. The lowest BCUT2D eigenvalue weighted by molar-refractivity contribution is -0.138. The topological polar surface area (TPSA) is 63.6 Å². The summed E-state index contributed by atoms with van der Waals surface area (Å²) in [5.41, 5.74) is -1.50. The normalized spacial score (nSPS) is 11.6. The number of nitrogens with zero attached hydrogens (tertiary/aromatic N) is 2. The summed E-state index contributed by atoms with van der Waals surface area (Å²) in [6.07, 6.45) is -0.919. The molecule has 1 amide bonds. The van der Waals surface area contributed by atoms with E-state index in [1.807, 2.05) is 0 Å². The van der Waals surface area contributed by atoms with Crippen LogP contribution in [0.5, 0.6) is 0 Å². The van der Waals surface area contributed by atoms with Crippen LogP contribution in [0.1, 0.15) is 29.3 Å². The molecule has 0 radical (unpaired) electrons. The fourth-order valence-corrected chi connectivity index (χ4v) is 1.35. The Morgan fingerprint density at radius 2 is 2.30 bits per heavy atom. The standard InChI is InChI=1S/C12H14F3N3O2/c1-2-20-18-6-3-5-17-11(19)9-8-16-7-4-10(9)12(13,14)15/h4,6-8H,2-3,5H2,1H3,(H,17,19). The van der Waals surface area contributed by atoms with Gasteiger partial charge in [0.05, 0.1) is 11.1 Å². The zero-order valence-corrected chi connectivity index (χ0v) is 10.8. The number of pyridine rings is 1. The van der Waals surface area contributed by atoms with Gasteiger partial charge in [0.15, 0.2) is 0 Å². The van der Waals surface area contributed by atoms with Gasteiger partial charge in [0.25, 0.3) is 5.91 Å². The minimum Gasteiger partial charge on any atom is -0.396 e. The number of carbonyl (C=O) groups excluding carboxylic acids is 1. The van der Waals surface area contributed by atoms with Crippen molar-refractivity contribution < 1.29 is 22.8 Å². The quantitative estimate of drug-likeness (QED) is 0.496. The molecule has 0 aliphatic carbocycles. The minimum absolute atomic E-state index is 0.154. The maximum Gasteiger partial charge on any atom is 0.417 e. The molecule has 0 spiro atoms. The van der Waals surface area contributed by atoms with Gasteiger partial charge >= 0.3 is 6.18 Å². The van der Waals surface area contributed by atoms with E-state index in [0.29, 0.717) is 13.0 Å². The van der Waals surface area contributed by atoms with Crippen molar-refractivity contribution in [2.75, 3.05) is 13.2 Å². The van der Waals surface area contributed by atoms with E-state index in [1.165, 1.54) is 6.21 Å². The fourth-order valence-electron chi connectivity index (χ4n) is 1.35. The highest BCUT2D eigenvalue weighted by molar-refractivity contribution is 5.95. The number of hydrogen-bond acceptors (Lipinski definition) is 4. The number of hydrogen-bond donors (Lipinski definition) is 1. The van der Waals surface area contributed by atoms with Crippen molar-refractivity contribution in [2.24, 2.45) is 5.16 Å². The molecule has 0 aromatic carbocycles. The molecule has 0 bridgehead atoms. The largest absolute Gasteiger partial charge is 0.417 e. The van der Waals surface area contributed by atoms with E-state index in [2.05, 4.69) is 20.3 Å². The Hall–Kier alpha value is -2.12. The molecule has 0 saturated carbocycles. The van der Waals surface area contributed by atoms with Gasteiger partial charge in [0.1, 0.15) is 6.61 Å². The van der Waals surface area contributed by atoms with Crippen LogP contribution in [0, 0.1) is 0 Å². The Morgan fingerprint density at radius 3 is 2.95 bits per heavy atom. The van der Waals surface area contributed by atoms with Crippen molar-refractivity contribution in [1.82, 2.24) is 10.3 Å². The lowest BCUT2D eigenvalue weighted by atomic mass is 10.1. The molecule has 1 rings (SSSR count). The van der Waals surface area contributed by atoms with Gasteiger partial charge in [-0.3, -0.25) is 9.78 Å². The highest BCUT2D eigenvalue weighted by Crippen LogP contribution is 2.31. The number of nitrogens with one attached hydrogen (secondary N) is 1. The van der Waals surface area contributed by atoms with Crippen molar-refractivity contribution in [3.05, 3.63) is 29.6 Å². The molecular weight excluding hydrogens is 275 g/mol. The first-order valence-electron chi connectivity index (χ1n) is 5.90. The first-order chi connectivity index (χ1) is 9.46. The van der Waals surface area contributed by atoms with Gasteiger partial charge in [0.2, 0.25) is 0 Å². The molecule has 0 atom stereocenters. The van der Waals surface area contributed by atoms with Crippen LogP contribution in [0.15, 0.2) is 23.6 Å². The molecule has 1 N–H and O–H groups in total. The van der Waals surface area contributed by atoms with Crippen LogP contribution >= 0.6 is 0 Å². The van der Waals surface area contributed by atoms with E-state index in [-0.39, 0.29) is 6.54 Å². The van der Waals surface area contributed by atoms with Gasteiger partial charge in [-0.05, 0) is 13.0 Å². The summed E-state index contributed by atoms with van der Waals surface area (Å²) < 4.78 is 38.1. The number of carbonyl (C=O) groups is 1. The molecule has 20 heavy (non-hydrogen) atoms. The van der Waals surface area contributed by atoms with Crippen LogP contribution in [-0.4, -0.2) is 30.3 Å². The minimum atomic E-state index is -4.59. The number of alkyl halides is 3. The molecule has 1 heterocycles. The van der Waals surface area contributed by atoms with Crippen LogP contribution in [0.25, 0.3) is 0 Å². The Morgan fingerprint density at radius 1 is 1.55 bits per heavy atom. The van der Waals surface area contributed by atoms with Gasteiger partial charge in [0, 0.05) is 31.6 Å². The molecule has 1 aromatic heterocycles. The van der Waals surface area contributed by atoms with E-state index in [4.69, 9.17) is 0 Å². The Bertz CT molecular complexity index is 475. The lowest BCUT2D eigenvalue weighted by Gasteiger charge is -2.11. The monoisotopic (exact) mass is 289 g/mol. The van der Waals surface area contributed by atoms with Crippen molar-refractivity contribution in [3.8, 4) is 0 Å². The summed E-state index contributed by atoms with van der Waals surface area (Å²) in [4.78, 5) is 19.9. The predicted molar refractivity (Wildman–Crippen MR) is 66.3 cm³/mol. The third kappa shape index (κ3) is 4.87. The summed E-state index contributed by atoms with van der Waals surface area (Å²) in [7, 11) is 0. The average molecular weight is 289 g/mol. The highest BCUT2D eigenvalue weighted by atomic mass is 19.4. The number of aromatic nitrogens is 1. The fraction of sp³-hybridized carbons (Fsp3) is 0.417. The summed E-state index contributed by atoms with van der Waals surface area (Å²) in [5.74, 6) is -0.824. The van der Waals surface area contributed by atoms with Crippen LogP contribution in [0.4, 0.5) is 13.2 Å². The van der Waals surface area contributed by atoms with Crippen molar-refractivity contribution in [1.29, 1.82) is 0 Å². The van der Waals surface area contributed by atoms with E-state index < -0.39 is 23.2 Å². The summed E-state index contributed by atoms with van der Waals surface area (Å²) in [6.45, 7) is 2.34. The Balaban J connectivity index is 2.60. The predicted octanol–water partition coefficient (Wildman–Crippen LogP) is 2.24. The highest BCUT2D eigenvalue weighted by Gasteiger charge is 2.35. The number of amides is 1. The molecule has 0 aliphatic heterocycles. The second kappa shape index (κ2) is 7.46. The molecule has 0 fully saturated rings. The molecule has 1 aromatic rings. The second-order valence-corrected chi connectivity index (χ2v) is 3.67. The summed E-state index contributed by atoms with van der Waals surface area (Å²) in [6, 6.07) is 0.769. The van der Waals surface area contributed by atoms with E-state index >= 15 is 0 Å². The lowest BCUT2D eigenvalue weighted by Crippen LogP contribution is -2.27. The first kappa shape index (κ1) is 15.9. The number of halogens is 3. The van der Waals surface area contributed by atoms with E-state index in [1.54, 1.807) is 6.92 Å². The van der Waals surface area contributed by atoms with Crippen molar-refractivity contribution in [2.45, 2.75) is 19.5 Å². The molecule has 8 heteroatoms. The Labute approximate surface area is 113 Å². The molecule has 5 nitrogen and oxygen atoms in total. The summed E-state index contributed by atoms with van der Waals surface area (Å²) >= 11 is 0. The van der Waals surface area contributed by atoms with Crippen LogP contribution in [0.3, 0.4) is 0 Å². The first-order valence-corrected chi connectivity index (χ1v) is 5.90. The van der Waals surface area contributed by atoms with Gasteiger partial charge in [-0.2, -0.15) is 13.2 Å². The molecular formula is C12H14F3N3O2. The SMILES string of the molecule is CCON=CCCNC(=O)c1cnccc1C(F)(F)F. The number of oxime groups is 1. The smallest absolute Gasteiger partial charge is 0.396 e. The molecule has 0 aliphatic rings. The maximum atomic E-state index is 12.7. The van der Waals surface area contributed by atoms with Crippen LogP contribution in [0.2, 0.25) is 0 Å². The van der Waals surface area contributed by atoms with E-state index in [0.717, 1.165) is 18.5 Å². The average Bonchev–Trinajstić information content (AvgIpc) is 2.41. The van der Waals surface area contributed by atoms with E-state index in [9.17, 15) is 18.0 Å². The second-order valence-electron chi connectivity index (χ2n) is 3.67. The third-order valence-electron chi connectivity index (χ3n) is 2.21. The van der Waals surface area contributed by atoms with Crippen molar-refractivity contribution in [3.63, 3.8) is 0 Å². The molecule has 0 saturated heterocycles. The van der Waals surface area contributed by atoms with Gasteiger partial charge < -0.3 is 10.2 Å². The zero-order valence-electron chi connectivity index (χ0n) is 10.8. The molecule has 0 unspecified atom stereocenters. The van der Waals surface area contributed by atoms with Crippen LogP contribution in [-0.2, 0) is 11.0 Å². The van der Waals surface area contributed by atoms with Gasteiger partial charge in [-0.1, -0.05) is 5.16 Å². The van der Waals surface area contributed by atoms with Gasteiger partial charge in [-0.15, -0.1) is 0 Å². The number of rotatable bonds is 6. The molecule has 110 valence electrons. The van der Waals surface area contributed by atoms with Crippen LogP contribution < -0.4 is 5.32 Å². The third-order valence-corrected chi connectivity index (χ3v) is 2.21.